The zero-order chi connectivity index (χ0) is 18.8. The number of nitrogens with one attached hydrogen (secondary N) is 1. The maximum absolute atomic E-state index is 13.4. The first kappa shape index (κ1) is 16.7. The fourth-order valence-electron chi connectivity index (χ4n) is 2.59. The predicted molar refractivity (Wildman–Crippen MR) is 98.8 cm³/mol. The van der Waals surface area contributed by atoms with Crippen molar-refractivity contribution in [2.24, 2.45) is 7.05 Å². The predicted octanol–water partition coefficient (Wildman–Crippen LogP) is 2.88. The number of ether oxygens (including phenoxy) is 1. The maximum Gasteiger partial charge on any atom is 0.226 e. The molecule has 0 radical (unpaired) electrons. The molecule has 0 spiro atoms. The Labute approximate surface area is 153 Å². The number of fused-ring (bicyclic) bond motifs is 1. The van der Waals surface area contributed by atoms with Gasteiger partial charge in [-0.1, -0.05) is 12.1 Å². The summed E-state index contributed by atoms with van der Waals surface area (Å²) >= 11 is 0. The molecule has 136 valence electrons. The fourth-order valence-corrected chi connectivity index (χ4v) is 2.59. The molecule has 3 aromatic heterocycles. The van der Waals surface area contributed by atoms with Crippen LogP contribution in [0.2, 0.25) is 0 Å². The van der Waals surface area contributed by atoms with Gasteiger partial charge in [0.05, 0.1) is 11.6 Å². The highest BCUT2D eigenvalue weighted by molar-refractivity contribution is 5.86. The van der Waals surface area contributed by atoms with E-state index >= 15 is 0 Å². The number of nitrogen functional groups attached to an aromatic ring is 1. The van der Waals surface area contributed by atoms with Crippen molar-refractivity contribution in [1.82, 2.24) is 24.7 Å². The highest BCUT2D eigenvalue weighted by Gasteiger charge is 2.11. The second-order valence-electron chi connectivity index (χ2n) is 5.82. The summed E-state index contributed by atoms with van der Waals surface area (Å²) in [6.45, 7) is 0.348. The molecule has 0 aliphatic rings. The minimum atomic E-state index is -0.378. The summed E-state index contributed by atoms with van der Waals surface area (Å²) in [6, 6.07) is 9.52. The normalized spacial score (nSPS) is 10.9. The van der Waals surface area contributed by atoms with Gasteiger partial charge in [0.2, 0.25) is 11.8 Å². The van der Waals surface area contributed by atoms with Crippen LogP contribution < -0.4 is 15.8 Å². The van der Waals surface area contributed by atoms with Crippen LogP contribution in [0.25, 0.3) is 11.0 Å². The summed E-state index contributed by atoms with van der Waals surface area (Å²) in [6.07, 6.45) is 3.23. The van der Waals surface area contributed by atoms with E-state index in [-0.39, 0.29) is 5.82 Å². The first-order valence-corrected chi connectivity index (χ1v) is 8.16. The standard InChI is InChI=1S/C18H16FN7O/c1-26-16-14(10-23-26)15(20)24-18(25-16)22-9-11-4-3-7-21-17(11)27-13-6-2-5-12(19)8-13/h2-8,10H,9H2,1H3,(H3,20,22,24,25). The van der Waals surface area contributed by atoms with E-state index in [1.165, 1.54) is 12.1 Å². The van der Waals surface area contributed by atoms with Crippen molar-refractivity contribution >= 4 is 22.8 Å². The second-order valence-corrected chi connectivity index (χ2v) is 5.82. The van der Waals surface area contributed by atoms with E-state index in [4.69, 9.17) is 10.5 Å². The van der Waals surface area contributed by atoms with Gasteiger partial charge in [0.1, 0.15) is 17.4 Å². The quantitative estimate of drug-likeness (QED) is 0.560. The van der Waals surface area contributed by atoms with E-state index in [2.05, 4.69) is 25.4 Å². The van der Waals surface area contributed by atoms with E-state index < -0.39 is 0 Å². The molecule has 0 bridgehead atoms. The molecule has 0 saturated heterocycles. The Hall–Kier alpha value is -3.75. The van der Waals surface area contributed by atoms with Gasteiger partial charge in [0.15, 0.2) is 5.65 Å². The van der Waals surface area contributed by atoms with Crippen LogP contribution in [0, 0.1) is 5.82 Å². The molecule has 0 atom stereocenters. The molecule has 0 fully saturated rings. The third-order valence-corrected chi connectivity index (χ3v) is 3.92. The first-order valence-electron chi connectivity index (χ1n) is 8.16. The minimum absolute atomic E-state index is 0.345. The lowest BCUT2D eigenvalue weighted by Crippen LogP contribution is -2.08. The van der Waals surface area contributed by atoms with E-state index in [1.807, 2.05) is 6.07 Å². The number of rotatable bonds is 5. The first-order chi connectivity index (χ1) is 13.1. The Bertz CT molecular complexity index is 1110. The highest BCUT2D eigenvalue weighted by Crippen LogP contribution is 2.24. The molecule has 27 heavy (non-hydrogen) atoms. The molecule has 3 N–H and O–H groups in total. The number of aryl methyl sites for hydroxylation is 1. The average molecular weight is 365 g/mol. The van der Waals surface area contributed by atoms with Gasteiger partial charge < -0.3 is 15.8 Å². The van der Waals surface area contributed by atoms with Crippen LogP contribution in [-0.2, 0) is 13.6 Å². The van der Waals surface area contributed by atoms with Crippen LogP contribution in [-0.4, -0.2) is 24.7 Å². The second kappa shape index (κ2) is 6.87. The third-order valence-electron chi connectivity index (χ3n) is 3.92. The van der Waals surface area contributed by atoms with Gasteiger partial charge in [0.25, 0.3) is 0 Å². The Morgan fingerprint density at radius 1 is 1.22 bits per heavy atom. The molecule has 9 heteroatoms. The summed E-state index contributed by atoms with van der Waals surface area (Å²) in [7, 11) is 1.78. The zero-order valence-electron chi connectivity index (χ0n) is 14.4. The van der Waals surface area contributed by atoms with E-state index in [0.717, 1.165) is 5.56 Å². The van der Waals surface area contributed by atoms with Crippen LogP contribution in [0.3, 0.4) is 0 Å². The molecule has 3 heterocycles. The lowest BCUT2D eigenvalue weighted by Gasteiger charge is -2.11. The monoisotopic (exact) mass is 365 g/mol. The molecule has 0 unspecified atom stereocenters. The highest BCUT2D eigenvalue weighted by atomic mass is 19.1. The molecular weight excluding hydrogens is 349 g/mol. The van der Waals surface area contributed by atoms with Crippen LogP contribution in [0.5, 0.6) is 11.6 Å². The molecule has 0 aliphatic heterocycles. The number of aromatic nitrogens is 5. The molecular formula is C18H16FN7O. The molecule has 8 nitrogen and oxygen atoms in total. The Kier molecular flexibility index (Phi) is 4.25. The van der Waals surface area contributed by atoms with Crippen LogP contribution in [0.1, 0.15) is 5.56 Å². The Morgan fingerprint density at radius 2 is 2.11 bits per heavy atom. The average Bonchev–Trinajstić information content (AvgIpc) is 3.03. The van der Waals surface area contributed by atoms with Crippen molar-refractivity contribution in [3.8, 4) is 11.6 Å². The van der Waals surface area contributed by atoms with Crippen molar-refractivity contribution in [2.75, 3.05) is 11.1 Å². The summed E-state index contributed by atoms with van der Waals surface area (Å²) in [5.41, 5.74) is 7.36. The topological polar surface area (TPSA) is 104 Å². The molecule has 1 aromatic carbocycles. The smallest absolute Gasteiger partial charge is 0.226 e. The van der Waals surface area contributed by atoms with Gasteiger partial charge in [-0.25, -0.2) is 9.37 Å². The van der Waals surface area contributed by atoms with Crippen molar-refractivity contribution in [3.63, 3.8) is 0 Å². The lowest BCUT2D eigenvalue weighted by atomic mass is 10.2. The van der Waals surface area contributed by atoms with Crippen LogP contribution in [0.4, 0.5) is 16.2 Å². The molecule has 4 aromatic rings. The number of pyridine rings is 1. The van der Waals surface area contributed by atoms with Gasteiger partial charge in [0, 0.05) is 31.4 Å². The number of nitrogens with two attached hydrogens (primary N) is 1. The largest absolute Gasteiger partial charge is 0.439 e. The molecule has 0 aliphatic carbocycles. The van der Waals surface area contributed by atoms with Gasteiger partial charge >= 0.3 is 0 Å². The van der Waals surface area contributed by atoms with Crippen molar-refractivity contribution < 1.29 is 9.13 Å². The summed E-state index contributed by atoms with van der Waals surface area (Å²) < 4.78 is 20.7. The summed E-state index contributed by atoms with van der Waals surface area (Å²) in [5, 5.41) is 7.93. The van der Waals surface area contributed by atoms with Crippen molar-refractivity contribution in [3.05, 3.63) is 60.2 Å². The maximum atomic E-state index is 13.4. The SMILES string of the molecule is Cn1ncc2c(N)nc(NCc3cccnc3Oc3cccc(F)c3)nc21. The van der Waals surface area contributed by atoms with Crippen molar-refractivity contribution in [1.29, 1.82) is 0 Å². The number of hydrogen-bond acceptors (Lipinski definition) is 7. The number of halogens is 1. The van der Waals surface area contributed by atoms with E-state index in [1.54, 1.807) is 42.3 Å². The number of nitrogens with zero attached hydrogens (tertiary/aromatic N) is 5. The third kappa shape index (κ3) is 3.47. The number of hydrogen-bond donors (Lipinski definition) is 2. The zero-order valence-corrected chi connectivity index (χ0v) is 14.4. The molecule has 4 rings (SSSR count). The summed E-state index contributed by atoms with van der Waals surface area (Å²) in [4.78, 5) is 12.9. The van der Waals surface area contributed by atoms with Gasteiger partial charge in [-0.3, -0.25) is 4.68 Å². The lowest BCUT2D eigenvalue weighted by molar-refractivity contribution is 0.452. The molecule has 0 saturated carbocycles. The van der Waals surface area contributed by atoms with Gasteiger partial charge in [-0.15, -0.1) is 0 Å². The van der Waals surface area contributed by atoms with E-state index in [9.17, 15) is 4.39 Å². The van der Waals surface area contributed by atoms with Gasteiger partial charge in [-0.05, 0) is 18.2 Å². The number of anilines is 2. The summed E-state index contributed by atoms with van der Waals surface area (Å²) in [5.74, 6) is 1.07. The minimum Gasteiger partial charge on any atom is -0.439 e. The Balaban J connectivity index is 1.56. The van der Waals surface area contributed by atoms with Gasteiger partial charge in [-0.2, -0.15) is 15.1 Å². The van der Waals surface area contributed by atoms with Crippen molar-refractivity contribution in [2.45, 2.75) is 6.54 Å². The number of benzene rings is 1. The van der Waals surface area contributed by atoms with E-state index in [0.29, 0.717) is 41.0 Å². The van der Waals surface area contributed by atoms with Crippen LogP contribution >= 0.6 is 0 Å². The Morgan fingerprint density at radius 3 is 2.96 bits per heavy atom. The van der Waals surface area contributed by atoms with Crippen LogP contribution in [0.15, 0.2) is 48.8 Å². The fraction of sp³-hybridized carbons (Fsp3) is 0.111. The molecule has 0 amide bonds.